The minimum atomic E-state index is -0.0559. The molecule has 3 aromatic heterocycles. The van der Waals surface area contributed by atoms with Crippen LogP contribution in [0.2, 0.25) is 0 Å². The van der Waals surface area contributed by atoms with E-state index < -0.39 is 0 Å². The molecule has 3 aromatic rings. The molecule has 27 heavy (non-hydrogen) atoms. The first-order valence-electron chi connectivity index (χ1n) is 8.99. The van der Waals surface area contributed by atoms with Gasteiger partial charge in [0.2, 0.25) is 0 Å². The lowest BCUT2D eigenvalue weighted by molar-refractivity contribution is 0.0716. The number of piperidine rings is 1. The summed E-state index contributed by atoms with van der Waals surface area (Å²) in [6.45, 7) is 1.65. The number of carbonyl (C=O) groups is 1. The van der Waals surface area contributed by atoms with Crippen LogP contribution in [0.25, 0.3) is 5.82 Å². The number of nitrogens with zero attached hydrogens (tertiary/aromatic N) is 7. The van der Waals surface area contributed by atoms with Crippen molar-refractivity contribution in [2.75, 3.05) is 25.0 Å². The molecule has 1 unspecified atom stereocenters. The van der Waals surface area contributed by atoms with Gasteiger partial charge >= 0.3 is 0 Å². The monoisotopic (exact) mass is 363 g/mol. The Labute approximate surface area is 157 Å². The number of rotatable bonds is 4. The molecule has 1 fully saturated rings. The summed E-state index contributed by atoms with van der Waals surface area (Å²) >= 11 is 0. The van der Waals surface area contributed by atoms with Crippen molar-refractivity contribution >= 4 is 11.7 Å². The van der Waals surface area contributed by atoms with E-state index >= 15 is 0 Å². The molecule has 1 amide bonds. The molecule has 0 spiro atoms. The second-order valence-electron chi connectivity index (χ2n) is 6.57. The molecule has 0 radical (unpaired) electrons. The number of aromatic nitrogens is 5. The summed E-state index contributed by atoms with van der Waals surface area (Å²) < 4.78 is 1.62. The largest absolute Gasteiger partial charge is 0.353 e. The first-order valence-corrected chi connectivity index (χ1v) is 8.99. The standard InChI is InChI=1S/C19H21N7O/c1-24(15-6-4-12-25(14-15)17-8-3-10-21-23-17)19(27)16-7-2-9-20-18(16)26-13-5-11-22-26/h2-3,5,7-11,13,15H,4,6,12,14H2,1H3. The quantitative estimate of drug-likeness (QED) is 0.703. The second kappa shape index (κ2) is 7.53. The zero-order valence-corrected chi connectivity index (χ0v) is 15.1. The summed E-state index contributed by atoms with van der Waals surface area (Å²) in [6.07, 6.45) is 8.75. The van der Waals surface area contributed by atoms with Crippen LogP contribution in [0, 0.1) is 0 Å². The van der Waals surface area contributed by atoms with Crippen LogP contribution in [0.1, 0.15) is 23.2 Å². The molecule has 1 atom stereocenters. The Morgan fingerprint density at radius 2 is 2.07 bits per heavy atom. The minimum Gasteiger partial charge on any atom is -0.353 e. The number of carbonyl (C=O) groups excluding carboxylic acids is 1. The van der Waals surface area contributed by atoms with Gasteiger partial charge in [-0.05, 0) is 43.2 Å². The fourth-order valence-corrected chi connectivity index (χ4v) is 3.44. The molecule has 1 aliphatic heterocycles. The van der Waals surface area contributed by atoms with E-state index in [1.165, 1.54) is 0 Å². The van der Waals surface area contributed by atoms with Crippen LogP contribution in [0.3, 0.4) is 0 Å². The average Bonchev–Trinajstić information content (AvgIpc) is 3.28. The van der Waals surface area contributed by atoms with Crippen LogP contribution in [-0.2, 0) is 0 Å². The molecule has 0 aromatic carbocycles. The Morgan fingerprint density at radius 1 is 1.19 bits per heavy atom. The summed E-state index contributed by atoms with van der Waals surface area (Å²) in [7, 11) is 1.85. The smallest absolute Gasteiger partial charge is 0.257 e. The van der Waals surface area contributed by atoms with Gasteiger partial charge in [-0.1, -0.05) is 0 Å². The fourth-order valence-electron chi connectivity index (χ4n) is 3.44. The lowest BCUT2D eigenvalue weighted by Crippen LogP contribution is -2.49. The van der Waals surface area contributed by atoms with Crippen LogP contribution in [-0.4, -0.2) is 61.9 Å². The van der Waals surface area contributed by atoms with E-state index in [1.807, 2.05) is 30.1 Å². The number of hydrogen-bond donors (Lipinski definition) is 0. The molecule has 4 heterocycles. The van der Waals surface area contributed by atoms with E-state index in [0.717, 1.165) is 31.7 Å². The fraction of sp³-hybridized carbons (Fsp3) is 0.316. The molecule has 0 saturated carbocycles. The SMILES string of the molecule is CN(C(=O)c1cccnc1-n1cccn1)C1CCCN(c2cccnn2)C1. The summed E-state index contributed by atoms with van der Waals surface area (Å²) in [5, 5.41) is 12.4. The van der Waals surface area contributed by atoms with Crippen LogP contribution in [0.5, 0.6) is 0 Å². The van der Waals surface area contributed by atoms with Gasteiger partial charge in [-0.3, -0.25) is 4.79 Å². The van der Waals surface area contributed by atoms with Crippen molar-refractivity contribution in [3.8, 4) is 5.82 Å². The van der Waals surface area contributed by atoms with Crippen LogP contribution >= 0.6 is 0 Å². The van der Waals surface area contributed by atoms with Crippen molar-refractivity contribution in [3.05, 3.63) is 60.7 Å². The Hall–Kier alpha value is -3.29. The number of anilines is 1. The normalized spacial score (nSPS) is 16.9. The molecule has 1 aliphatic rings. The third-order valence-electron chi connectivity index (χ3n) is 4.89. The number of likely N-dealkylation sites (N-methyl/N-ethyl adjacent to an activating group) is 1. The van der Waals surface area contributed by atoms with Gasteiger partial charge in [0.15, 0.2) is 11.6 Å². The Bertz CT molecular complexity index is 897. The minimum absolute atomic E-state index is 0.0559. The molecule has 4 rings (SSSR count). The maximum absolute atomic E-state index is 13.2. The Morgan fingerprint density at radius 3 is 2.85 bits per heavy atom. The number of hydrogen-bond acceptors (Lipinski definition) is 6. The first-order chi connectivity index (χ1) is 13.2. The van der Waals surface area contributed by atoms with E-state index in [2.05, 4.69) is 25.2 Å². The summed E-state index contributed by atoms with van der Waals surface area (Å²) in [6, 6.07) is 9.32. The molecule has 8 nitrogen and oxygen atoms in total. The molecular formula is C19H21N7O. The summed E-state index contributed by atoms with van der Waals surface area (Å²) in [4.78, 5) is 21.6. The second-order valence-corrected chi connectivity index (χ2v) is 6.57. The van der Waals surface area contributed by atoms with Crippen molar-refractivity contribution in [3.63, 3.8) is 0 Å². The number of pyridine rings is 1. The van der Waals surface area contributed by atoms with Crippen LogP contribution < -0.4 is 4.90 Å². The van der Waals surface area contributed by atoms with E-state index in [-0.39, 0.29) is 11.9 Å². The van der Waals surface area contributed by atoms with E-state index in [4.69, 9.17) is 0 Å². The highest BCUT2D eigenvalue weighted by atomic mass is 16.2. The van der Waals surface area contributed by atoms with Crippen molar-refractivity contribution < 1.29 is 4.79 Å². The van der Waals surface area contributed by atoms with E-state index in [9.17, 15) is 4.79 Å². The maximum Gasteiger partial charge on any atom is 0.257 e. The third-order valence-corrected chi connectivity index (χ3v) is 4.89. The van der Waals surface area contributed by atoms with Gasteiger partial charge in [-0.2, -0.15) is 10.2 Å². The average molecular weight is 363 g/mol. The van der Waals surface area contributed by atoms with Crippen molar-refractivity contribution in [2.45, 2.75) is 18.9 Å². The van der Waals surface area contributed by atoms with Gasteiger partial charge < -0.3 is 9.80 Å². The molecule has 0 bridgehead atoms. The summed E-state index contributed by atoms with van der Waals surface area (Å²) in [5.41, 5.74) is 0.542. The van der Waals surface area contributed by atoms with Gasteiger partial charge in [0.25, 0.3) is 5.91 Å². The Balaban J connectivity index is 1.55. The number of amides is 1. The van der Waals surface area contributed by atoms with Gasteiger partial charge in [0.05, 0.1) is 5.56 Å². The molecule has 8 heteroatoms. The highest BCUT2D eigenvalue weighted by Crippen LogP contribution is 2.22. The molecule has 1 saturated heterocycles. The van der Waals surface area contributed by atoms with Gasteiger partial charge in [0, 0.05) is 51.0 Å². The predicted molar refractivity (Wildman–Crippen MR) is 101 cm³/mol. The zero-order chi connectivity index (χ0) is 18.6. The zero-order valence-electron chi connectivity index (χ0n) is 15.1. The molecule has 0 N–H and O–H groups in total. The van der Waals surface area contributed by atoms with Crippen LogP contribution in [0.15, 0.2) is 55.1 Å². The predicted octanol–water partition coefficient (Wildman–Crippen LogP) is 1.80. The van der Waals surface area contributed by atoms with E-state index in [1.54, 1.807) is 41.6 Å². The van der Waals surface area contributed by atoms with E-state index in [0.29, 0.717) is 11.4 Å². The van der Waals surface area contributed by atoms with Gasteiger partial charge in [-0.15, -0.1) is 5.10 Å². The van der Waals surface area contributed by atoms with Crippen molar-refractivity contribution in [2.24, 2.45) is 0 Å². The van der Waals surface area contributed by atoms with Crippen LogP contribution in [0.4, 0.5) is 5.82 Å². The highest BCUT2D eigenvalue weighted by molar-refractivity contribution is 5.97. The highest BCUT2D eigenvalue weighted by Gasteiger charge is 2.29. The lowest BCUT2D eigenvalue weighted by atomic mass is 10.0. The first kappa shape index (κ1) is 17.1. The van der Waals surface area contributed by atoms with Gasteiger partial charge in [0.1, 0.15) is 0 Å². The lowest BCUT2D eigenvalue weighted by Gasteiger charge is -2.38. The van der Waals surface area contributed by atoms with Crippen molar-refractivity contribution in [1.82, 2.24) is 29.9 Å². The molecule has 0 aliphatic carbocycles. The maximum atomic E-state index is 13.2. The molecule has 138 valence electrons. The van der Waals surface area contributed by atoms with Crippen molar-refractivity contribution in [1.29, 1.82) is 0 Å². The summed E-state index contributed by atoms with van der Waals surface area (Å²) in [5.74, 6) is 1.34. The van der Waals surface area contributed by atoms with Gasteiger partial charge in [-0.25, -0.2) is 9.67 Å². The topological polar surface area (TPSA) is 80.0 Å². The Kier molecular flexibility index (Phi) is 4.78. The third kappa shape index (κ3) is 3.51. The molecular weight excluding hydrogens is 342 g/mol.